The minimum absolute atomic E-state index is 0.110. The molecule has 2 rings (SSSR count). The molecule has 0 atom stereocenters. The number of halogens is 3. The number of thiophene rings is 1. The van der Waals surface area contributed by atoms with Gasteiger partial charge in [0.25, 0.3) is 0 Å². The Hall–Kier alpha value is 0.320. The Balaban J connectivity index is 2.83. The normalized spacial score (nSPS) is 11.0. The van der Waals surface area contributed by atoms with Gasteiger partial charge in [0.05, 0.1) is 0 Å². The topological polar surface area (TPSA) is 0 Å². The van der Waals surface area contributed by atoms with Gasteiger partial charge in [-0.15, -0.1) is 11.3 Å². The van der Waals surface area contributed by atoms with E-state index in [2.05, 4.69) is 38.5 Å². The molecule has 0 amide bonds. The van der Waals surface area contributed by atoms with E-state index in [0.29, 0.717) is 0 Å². The lowest BCUT2D eigenvalue weighted by molar-refractivity contribution is 0.658. The lowest BCUT2D eigenvalue weighted by Gasteiger charge is -1.98. The van der Waals surface area contributed by atoms with Crippen LogP contribution in [0.4, 0.5) is 4.39 Å². The molecule has 4 heteroatoms. The molecule has 1 heterocycles. The molecule has 13 heavy (non-hydrogen) atoms. The molecule has 0 saturated heterocycles. The van der Waals surface area contributed by atoms with E-state index in [1.807, 2.05) is 12.1 Å². The molecule has 68 valence electrons. The van der Waals surface area contributed by atoms with Crippen molar-refractivity contribution < 1.29 is 4.39 Å². The molecule has 1 aromatic carbocycles. The van der Waals surface area contributed by atoms with Crippen LogP contribution < -0.4 is 0 Å². The second-order valence-electron chi connectivity index (χ2n) is 2.63. The van der Waals surface area contributed by atoms with Gasteiger partial charge in [0.1, 0.15) is 0 Å². The van der Waals surface area contributed by atoms with Gasteiger partial charge in [0.2, 0.25) is 0 Å². The molecule has 0 bridgehead atoms. The number of hydrogen-bond donors (Lipinski definition) is 0. The quantitative estimate of drug-likeness (QED) is 0.510. The van der Waals surface area contributed by atoms with Crippen molar-refractivity contribution in [1.82, 2.24) is 0 Å². The van der Waals surface area contributed by atoms with Crippen LogP contribution in [0.5, 0.6) is 0 Å². The van der Waals surface area contributed by atoms with E-state index in [-0.39, 0.29) is 5.13 Å². The van der Waals surface area contributed by atoms with Crippen molar-refractivity contribution in [2.45, 2.75) is 5.33 Å². The zero-order chi connectivity index (χ0) is 9.42. The fourth-order valence-corrected chi connectivity index (χ4v) is 3.58. The number of benzene rings is 1. The molecule has 0 nitrogen and oxygen atoms in total. The highest BCUT2D eigenvalue weighted by Gasteiger charge is 2.08. The molecule has 0 saturated carbocycles. The molecular weight excluding hydrogens is 366 g/mol. The van der Waals surface area contributed by atoms with E-state index in [1.165, 1.54) is 11.3 Å². The second kappa shape index (κ2) is 3.82. The predicted octanol–water partition coefficient (Wildman–Crippen LogP) is 4.54. The van der Waals surface area contributed by atoms with Crippen molar-refractivity contribution in [3.05, 3.63) is 32.5 Å². The summed E-state index contributed by atoms with van der Waals surface area (Å²) in [5.41, 5.74) is 1.16. The minimum Gasteiger partial charge on any atom is -0.195 e. The van der Waals surface area contributed by atoms with Crippen LogP contribution in [0.15, 0.2) is 18.2 Å². The van der Waals surface area contributed by atoms with Crippen molar-refractivity contribution >= 4 is 59.9 Å². The van der Waals surface area contributed by atoms with Gasteiger partial charge >= 0.3 is 0 Å². The molecular formula is C9H5BrFIS. The number of alkyl halides is 1. The van der Waals surface area contributed by atoms with E-state index in [4.69, 9.17) is 0 Å². The fourth-order valence-electron chi connectivity index (χ4n) is 1.22. The molecule has 0 spiro atoms. The summed E-state index contributed by atoms with van der Waals surface area (Å²) in [4.78, 5) is 0. The largest absolute Gasteiger partial charge is 0.195 e. The maximum absolute atomic E-state index is 13.0. The Labute approximate surface area is 101 Å². The summed E-state index contributed by atoms with van der Waals surface area (Å²) < 4.78 is 15.2. The van der Waals surface area contributed by atoms with Crippen LogP contribution in [0, 0.1) is 8.70 Å². The summed E-state index contributed by atoms with van der Waals surface area (Å²) in [6.45, 7) is 0. The Kier molecular flexibility index (Phi) is 2.90. The van der Waals surface area contributed by atoms with E-state index >= 15 is 0 Å². The smallest absolute Gasteiger partial charge is 0.177 e. The standard InChI is InChI=1S/C9H5BrFIS/c10-4-5-1-2-7(12)6-3-8(11)13-9(5)6/h1-3H,4H2. The van der Waals surface area contributed by atoms with Crippen LogP contribution >= 0.6 is 49.9 Å². The molecule has 1 aromatic heterocycles. The van der Waals surface area contributed by atoms with Crippen LogP contribution in [0.2, 0.25) is 0 Å². The molecule has 0 aliphatic rings. The SMILES string of the molecule is Fc1cc2c(I)ccc(CBr)c2s1. The van der Waals surface area contributed by atoms with Crippen molar-refractivity contribution in [2.75, 3.05) is 0 Å². The summed E-state index contributed by atoms with van der Waals surface area (Å²) in [5, 5.41) is 1.70. The summed E-state index contributed by atoms with van der Waals surface area (Å²) >= 11 is 6.84. The average Bonchev–Trinajstić information content (AvgIpc) is 2.48. The third-order valence-corrected chi connectivity index (χ3v) is 4.37. The van der Waals surface area contributed by atoms with Crippen LogP contribution in [-0.4, -0.2) is 0 Å². The van der Waals surface area contributed by atoms with Gasteiger partial charge < -0.3 is 0 Å². The molecule has 2 aromatic rings. The van der Waals surface area contributed by atoms with Crippen molar-refractivity contribution in [3.63, 3.8) is 0 Å². The van der Waals surface area contributed by atoms with Crippen molar-refractivity contribution in [3.8, 4) is 0 Å². The van der Waals surface area contributed by atoms with Gasteiger partial charge in [-0.25, -0.2) is 0 Å². The van der Waals surface area contributed by atoms with Gasteiger partial charge in [-0.3, -0.25) is 0 Å². The predicted molar refractivity (Wildman–Crippen MR) is 67.1 cm³/mol. The van der Waals surface area contributed by atoms with Gasteiger partial charge in [0, 0.05) is 19.0 Å². The van der Waals surface area contributed by atoms with Crippen molar-refractivity contribution in [1.29, 1.82) is 0 Å². The summed E-state index contributed by atoms with van der Waals surface area (Å²) in [5.74, 6) is 0. The van der Waals surface area contributed by atoms with E-state index in [9.17, 15) is 4.39 Å². The first-order valence-corrected chi connectivity index (χ1v) is 6.66. The molecule has 0 aliphatic heterocycles. The maximum atomic E-state index is 13.0. The van der Waals surface area contributed by atoms with Gasteiger partial charge in [0.15, 0.2) is 5.13 Å². The van der Waals surface area contributed by atoms with Crippen LogP contribution in [-0.2, 0) is 5.33 Å². The average molecular weight is 371 g/mol. The highest BCUT2D eigenvalue weighted by molar-refractivity contribution is 14.1. The van der Waals surface area contributed by atoms with E-state index < -0.39 is 0 Å². The Morgan fingerprint density at radius 1 is 1.46 bits per heavy atom. The maximum Gasteiger partial charge on any atom is 0.177 e. The zero-order valence-electron chi connectivity index (χ0n) is 6.48. The third-order valence-electron chi connectivity index (χ3n) is 1.83. The highest BCUT2D eigenvalue weighted by atomic mass is 127. The molecule has 0 radical (unpaired) electrons. The van der Waals surface area contributed by atoms with Gasteiger partial charge in [-0.05, 0) is 40.3 Å². The highest BCUT2D eigenvalue weighted by Crippen LogP contribution is 2.32. The molecule has 0 fully saturated rings. The lowest BCUT2D eigenvalue weighted by Crippen LogP contribution is -1.79. The summed E-state index contributed by atoms with van der Waals surface area (Å²) in [7, 11) is 0. The minimum atomic E-state index is -0.110. The number of hydrogen-bond acceptors (Lipinski definition) is 1. The van der Waals surface area contributed by atoms with Gasteiger partial charge in [-0.1, -0.05) is 22.0 Å². The van der Waals surface area contributed by atoms with Crippen molar-refractivity contribution in [2.24, 2.45) is 0 Å². The zero-order valence-corrected chi connectivity index (χ0v) is 11.0. The molecule has 0 N–H and O–H groups in total. The second-order valence-corrected chi connectivity index (χ2v) is 5.36. The Morgan fingerprint density at radius 3 is 2.92 bits per heavy atom. The number of rotatable bonds is 1. The van der Waals surface area contributed by atoms with Crippen LogP contribution in [0.3, 0.4) is 0 Å². The van der Waals surface area contributed by atoms with E-state index in [1.54, 1.807) is 6.07 Å². The Morgan fingerprint density at radius 2 is 2.23 bits per heavy atom. The summed E-state index contributed by atoms with van der Waals surface area (Å²) in [6, 6.07) is 5.66. The van der Waals surface area contributed by atoms with Crippen LogP contribution in [0.1, 0.15) is 5.56 Å². The third kappa shape index (κ3) is 1.76. The van der Waals surface area contributed by atoms with E-state index in [0.717, 1.165) is 24.5 Å². The lowest BCUT2D eigenvalue weighted by atomic mass is 10.2. The first-order valence-electron chi connectivity index (χ1n) is 3.65. The monoisotopic (exact) mass is 370 g/mol. The molecule has 0 aliphatic carbocycles. The van der Waals surface area contributed by atoms with Gasteiger partial charge in [-0.2, -0.15) is 4.39 Å². The number of fused-ring (bicyclic) bond motifs is 1. The molecule has 0 unspecified atom stereocenters. The Bertz CT molecular complexity index is 452. The summed E-state index contributed by atoms with van der Waals surface area (Å²) in [6.07, 6.45) is 0. The first-order chi connectivity index (χ1) is 6.22. The van der Waals surface area contributed by atoms with Crippen LogP contribution in [0.25, 0.3) is 10.1 Å². The first kappa shape index (κ1) is 9.86. The fraction of sp³-hybridized carbons (Fsp3) is 0.111.